The predicted molar refractivity (Wildman–Crippen MR) is 77.5 cm³/mol. The number of aromatic nitrogens is 2. The number of hydrogen-bond donors (Lipinski definition) is 2. The van der Waals surface area contributed by atoms with Crippen molar-refractivity contribution in [2.24, 2.45) is 0 Å². The van der Waals surface area contributed by atoms with Crippen molar-refractivity contribution in [3.05, 3.63) is 11.4 Å². The number of H-pyrrole nitrogens is 1. The first-order chi connectivity index (χ1) is 9.70. The fourth-order valence-corrected chi connectivity index (χ4v) is 3.30. The molecule has 6 heteroatoms. The molecule has 110 valence electrons. The molecule has 2 saturated heterocycles. The summed E-state index contributed by atoms with van der Waals surface area (Å²) in [7, 11) is 0. The number of carbonyl (C=O) groups excluding carboxylic acids is 1. The molecule has 20 heavy (non-hydrogen) atoms. The summed E-state index contributed by atoms with van der Waals surface area (Å²) in [6, 6.07) is 0.521. The Labute approximate surface area is 119 Å². The number of rotatable bonds is 3. The van der Waals surface area contributed by atoms with E-state index < -0.39 is 0 Å². The lowest BCUT2D eigenvalue weighted by molar-refractivity contribution is 0.0775. The van der Waals surface area contributed by atoms with Gasteiger partial charge in [-0.1, -0.05) is 6.92 Å². The Hall–Kier alpha value is -1.56. The largest absolute Gasteiger partial charge is 0.395 e. The Morgan fingerprint density at radius 1 is 1.40 bits per heavy atom. The summed E-state index contributed by atoms with van der Waals surface area (Å²) in [5.41, 5.74) is 7.75. The third-order valence-corrected chi connectivity index (χ3v) is 4.55. The highest BCUT2D eigenvalue weighted by atomic mass is 16.2. The minimum atomic E-state index is -0.0276. The van der Waals surface area contributed by atoms with E-state index in [1.807, 2.05) is 11.8 Å². The maximum atomic E-state index is 12.5. The van der Waals surface area contributed by atoms with Crippen LogP contribution in [0.3, 0.4) is 0 Å². The van der Waals surface area contributed by atoms with E-state index in [9.17, 15) is 4.79 Å². The van der Waals surface area contributed by atoms with Crippen LogP contribution in [-0.4, -0.2) is 58.1 Å². The number of nitrogens with two attached hydrogens (primary N) is 1. The van der Waals surface area contributed by atoms with Crippen LogP contribution in [0, 0.1) is 0 Å². The molecule has 1 aromatic rings. The SMILES string of the molecule is CCc1[nH]nc(C(=O)N2CCC(N3CCCC3)C2)c1N. The molecule has 2 aliphatic rings. The fraction of sp³-hybridized carbons (Fsp3) is 0.714. The van der Waals surface area contributed by atoms with Crippen molar-refractivity contribution in [3.63, 3.8) is 0 Å². The molecule has 1 amide bonds. The quantitative estimate of drug-likeness (QED) is 0.859. The minimum absolute atomic E-state index is 0.0276. The molecule has 0 bridgehead atoms. The average molecular weight is 277 g/mol. The summed E-state index contributed by atoms with van der Waals surface area (Å²) in [4.78, 5) is 16.9. The maximum Gasteiger partial charge on any atom is 0.276 e. The summed E-state index contributed by atoms with van der Waals surface area (Å²) in [6.07, 6.45) is 4.41. The third-order valence-electron chi connectivity index (χ3n) is 4.55. The molecule has 0 aliphatic carbocycles. The number of hydrogen-bond acceptors (Lipinski definition) is 4. The third kappa shape index (κ3) is 2.28. The van der Waals surface area contributed by atoms with Gasteiger partial charge < -0.3 is 10.6 Å². The molecule has 0 aromatic carbocycles. The van der Waals surface area contributed by atoms with Gasteiger partial charge in [0.05, 0.1) is 11.4 Å². The van der Waals surface area contributed by atoms with Crippen LogP contribution in [0.5, 0.6) is 0 Å². The van der Waals surface area contributed by atoms with Crippen molar-refractivity contribution in [1.82, 2.24) is 20.0 Å². The highest BCUT2D eigenvalue weighted by Crippen LogP contribution is 2.23. The van der Waals surface area contributed by atoms with Gasteiger partial charge in [0, 0.05) is 19.1 Å². The van der Waals surface area contributed by atoms with Crippen molar-refractivity contribution >= 4 is 11.6 Å². The standard InChI is InChI=1S/C14H23N5O/c1-2-11-12(15)13(17-16-11)14(20)19-8-5-10(9-19)18-6-3-4-7-18/h10H,2-9,15H2,1H3,(H,16,17). The molecule has 1 aromatic heterocycles. The Morgan fingerprint density at radius 3 is 2.80 bits per heavy atom. The second-order valence-electron chi connectivity index (χ2n) is 5.75. The lowest BCUT2D eigenvalue weighted by atomic mass is 10.2. The first-order valence-corrected chi connectivity index (χ1v) is 7.56. The Bertz CT molecular complexity index is 492. The summed E-state index contributed by atoms with van der Waals surface area (Å²) in [6.45, 7) is 5.98. The monoisotopic (exact) mass is 277 g/mol. The van der Waals surface area contributed by atoms with E-state index in [2.05, 4.69) is 15.1 Å². The summed E-state index contributed by atoms with van der Waals surface area (Å²) in [5, 5.41) is 6.96. The first-order valence-electron chi connectivity index (χ1n) is 7.56. The van der Waals surface area contributed by atoms with Crippen LogP contribution in [-0.2, 0) is 6.42 Å². The number of carbonyl (C=O) groups is 1. The highest BCUT2D eigenvalue weighted by Gasteiger charge is 2.33. The zero-order valence-corrected chi connectivity index (χ0v) is 12.1. The van der Waals surface area contributed by atoms with E-state index in [1.165, 1.54) is 25.9 Å². The van der Waals surface area contributed by atoms with E-state index in [0.29, 0.717) is 17.4 Å². The Morgan fingerprint density at radius 2 is 2.15 bits per heavy atom. The van der Waals surface area contributed by atoms with Crippen molar-refractivity contribution in [1.29, 1.82) is 0 Å². The molecule has 3 heterocycles. The van der Waals surface area contributed by atoms with E-state index >= 15 is 0 Å². The van der Waals surface area contributed by atoms with Gasteiger partial charge in [0.2, 0.25) is 0 Å². The molecule has 0 saturated carbocycles. The molecule has 2 fully saturated rings. The van der Waals surface area contributed by atoms with E-state index in [-0.39, 0.29) is 5.91 Å². The summed E-state index contributed by atoms with van der Waals surface area (Å²) in [5.74, 6) is -0.0276. The van der Waals surface area contributed by atoms with Gasteiger partial charge in [-0.3, -0.25) is 14.8 Å². The average Bonchev–Trinajstić information content (AvgIpc) is 3.18. The van der Waals surface area contributed by atoms with E-state index in [0.717, 1.165) is 31.6 Å². The molecule has 1 atom stereocenters. The van der Waals surface area contributed by atoms with Gasteiger partial charge in [-0.25, -0.2) is 0 Å². The molecular weight excluding hydrogens is 254 g/mol. The van der Waals surface area contributed by atoms with Crippen molar-refractivity contribution in [2.45, 2.75) is 38.6 Å². The molecule has 2 aliphatic heterocycles. The maximum absolute atomic E-state index is 12.5. The number of likely N-dealkylation sites (tertiary alicyclic amines) is 2. The van der Waals surface area contributed by atoms with Gasteiger partial charge >= 0.3 is 0 Å². The van der Waals surface area contributed by atoms with Gasteiger partial charge in [0.15, 0.2) is 5.69 Å². The van der Waals surface area contributed by atoms with Gasteiger partial charge in [0.25, 0.3) is 5.91 Å². The number of nitrogens with zero attached hydrogens (tertiary/aromatic N) is 3. The topological polar surface area (TPSA) is 78.2 Å². The molecule has 6 nitrogen and oxygen atoms in total. The van der Waals surface area contributed by atoms with Crippen LogP contribution in [0.25, 0.3) is 0 Å². The number of anilines is 1. The normalized spacial score (nSPS) is 23.6. The number of nitrogen functional groups attached to an aromatic ring is 1. The Kier molecular flexibility index (Phi) is 3.65. The smallest absolute Gasteiger partial charge is 0.276 e. The molecular formula is C14H23N5O. The van der Waals surface area contributed by atoms with Crippen LogP contribution in [0.1, 0.15) is 42.4 Å². The molecule has 3 rings (SSSR count). The number of amides is 1. The number of aryl methyl sites for hydroxylation is 1. The molecule has 1 unspecified atom stereocenters. The van der Waals surface area contributed by atoms with Crippen molar-refractivity contribution in [2.75, 3.05) is 31.9 Å². The van der Waals surface area contributed by atoms with Gasteiger partial charge in [0.1, 0.15) is 0 Å². The summed E-state index contributed by atoms with van der Waals surface area (Å²) >= 11 is 0. The minimum Gasteiger partial charge on any atom is -0.395 e. The van der Waals surface area contributed by atoms with Gasteiger partial charge in [-0.15, -0.1) is 0 Å². The fourth-order valence-electron chi connectivity index (χ4n) is 3.30. The molecule has 0 radical (unpaired) electrons. The van der Waals surface area contributed by atoms with Crippen LogP contribution < -0.4 is 5.73 Å². The second-order valence-corrected chi connectivity index (χ2v) is 5.75. The lowest BCUT2D eigenvalue weighted by Gasteiger charge is -2.23. The van der Waals surface area contributed by atoms with Crippen LogP contribution in [0.2, 0.25) is 0 Å². The van der Waals surface area contributed by atoms with E-state index in [4.69, 9.17) is 5.73 Å². The Balaban J connectivity index is 1.67. The highest BCUT2D eigenvalue weighted by molar-refractivity contribution is 5.97. The van der Waals surface area contributed by atoms with Crippen LogP contribution >= 0.6 is 0 Å². The van der Waals surface area contributed by atoms with Crippen LogP contribution in [0.4, 0.5) is 5.69 Å². The molecule has 3 N–H and O–H groups in total. The van der Waals surface area contributed by atoms with Gasteiger partial charge in [-0.05, 0) is 38.8 Å². The van der Waals surface area contributed by atoms with Gasteiger partial charge in [-0.2, -0.15) is 5.10 Å². The first kappa shape index (κ1) is 13.4. The number of nitrogens with one attached hydrogen (secondary N) is 1. The summed E-state index contributed by atoms with van der Waals surface area (Å²) < 4.78 is 0. The zero-order valence-electron chi connectivity index (χ0n) is 12.1. The predicted octanol–water partition coefficient (Wildman–Crippen LogP) is 0.865. The zero-order chi connectivity index (χ0) is 14.1. The lowest BCUT2D eigenvalue weighted by Crippen LogP contribution is -2.37. The second kappa shape index (κ2) is 5.44. The van der Waals surface area contributed by atoms with Crippen molar-refractivity contribution in [3.8, 4) is 0 Å². The van der Waals surface area contributed by atoms with Crippen molar-refractivity contribution < 1.29 is 4.79 Å². The van der Waals surface area contributed by atoms with Crippen LogP contribution in [0.15, 0.2) is 0 Å². The van der Waals surface area contributed by atoms with E-state index in [1.54, 1.807) is 0 Å². The number of aromatic amines is 1. The molecule has 0 spiro atoms.